The van der Waals surface area contributed by atoms with Crippen molar-refractivity contribution in [2.24, 2.45) is 0 Å². The zero-order valence-electron chi connectivity index (χ0n) is 14.5. The maximum atomic E-state index is 12.2. The first-order chi connectivity index (χ1) is 12.0. The molecule has 0 aliphatic carbocycles. The van der Waals surface area contributed by atoms with Gasteiger partial charge in [-0.1, -0.05) is 59.3 Å². The number of hydrogen-bond donors (Lipinski definition) is 1. The number of amides is 1. The molecular formula is C20H20N2OS2. The molecule has 0 bridgehead atoms. The van der Waals surface area contributed by atoms with Crippen LogP contribution >= 0.6 is 23.1 Å². The molecule has 0 aliphatic rings. The Hall–Kier alpha value is -2.11. The first-order valence-electron chi connectivity index (χ1n) is 8.04. The molecule has 2 aromatic carbocycles. The lowest BCUT2D eigenvalue weighted by Gasteiger charge is -2.08. The average molecular weight is 369 g/mol. The smallest absolute Gasteiger partial charge is 0.234 e. The van der Waals surface area contributed by atoms with Crippen molar-refractivity contribution in [1.82, 2.24) is 4.98 Å². The average Bonchev–Trinajstić information content (AvgIpc) is 3.05. The van der Waals surface area contributed by atoms with Gasteiger partial charge in [-0.15, -0.1) is 11.3 Å². The van der Waals surface area contributed by atoms with Crippen molar-refractivity contribution in [3.8, 4) is 11.3 Å². The van der Waals surface area contributed by atoms with Crippen LogP contribution in [0.15, 0.2) is 52.2 Å². The van der Waals surface area contributed by atoms with Crippen LogP contribution in [0.3, 0.4) is 0 Å². The Balaban J connectivity index is 1.58. The summed E-state index contributed by atoms with van der Waals surface area (Å²) < 4.78 is 0.909. The van der Waals surface area contributed by atoms with Gasteiger partial charge in [-0.3, -0.25) is 4.79 Å². The second-order valence-electron chi connectivity index (χ2n) is 6.02. The van der Waals surface area contributed by atoms with Crippen molar-refractivity contribution < 1.29 is 4.79 Å². The van der Waals surface area contributed by atoms with Gasteiger partial charge >= 0.3 is 0 Å². The van der Waals surface area contributed by atoms with E-state index in [-0.39, 0.29) is 5.91 Å². The SMILES string of the molecule is Cc1ccc(-c2csc(SCC(=O)Nc3ccc(C)cc3C)n2)cc1. The summed E-state index contributed by atoms with van der Waals surface area (Å²) in [5, 5.41) is 5.01. The van der Waals surface area contributed by atoms with Gasteiger partial charge in [0.25, 0.3) is 0 Å². The molecule has 3 rings (SSSR count). The number of carbonyl (C=O) groups is 1. The third-order valence-electron chi connectivity index (χ3n) is 3.81. The molecule has 0 unspecified atom stereocenters. The molecule has 3 aromatic rings. The Kier molecular flexibility index (Phi) is 5.56. The lowest BCUT2D eigenvalue weighted by molar-refractivity contribution is -0.113. The first-order valence-corrected chi connectivity index (χ1v) is 9.90. The van der Waals surface area contributed by atoms with Crippen molar-refractivity contribution >= 4 is 34.7 Å². The molecule has 1 amide bonds. The van der Waals surface area contributed by atoms with Crippen molar-refractivity contribution in [3.05, 3.63) is 64.5 Å². The summed E-state index contributed by atoms with van der Waals surface area (Å²) in [6.45, 7) is 6.12. The number of aryl methyl sites for hydroxylation is 3. The number of thiazole rings is 1. The van der Waals surface area contributed by atoms with Crippen molar-refractivity contribution in [3.63, 3.8) is 0 Å². The van der Waals surface area contributed by atoms with Crippen molar-refractivity contribution in [1.29, 1.82) is 0 Å². The third kappa shape index (κ3) is 4.71. The summed E-state index contributed by atoms with van der Waals surface area (Å²) in [4.78, 5) is 16.8. The largest absolute Gasteiger partial charge is 0.325 e. The highest BCUT2D eigenvalue weighted by Gasteiger charge is 2.09. The van der Waals surface area contributed by atoms with E-state index in [0.717, 1.165) is 26.8 Å². The van der Waals surface area contributed by atoms with Crippen LogP contribution in [0.1, 0.15) is 16.7 Å². The summed E-state index contributed by atoms with van der Waals surface area (Å²) in [5.41, 5.74) is 6.44. The van der Waals surface area contributed by atoms with E-state index >= 15 is 0 Å². The van der Waals surface area contributed by atoms with Gasteiger partial charge in [0.1, 0.15) is 0 Å². The molecular weight excluding hydrogens is 348 g/mol. The van der Waals surface area contributed by atoms with E-state index in [4.69, 9.17) is 0 Å². The minimum Gasteiger partial charge on any atom is -0.325 e. The predicted octanol–water partition coefficient (Wildman–Crippen LogP) is 5.47. The van der Waals surface area contributed by atoms with Gasteiger partial charge in [-0.05, 0) is 32.4 Å². The molecule has 1 heterocycles. The third-order valence-corrected chi connectivity index (χ3v) is 5.83. The molecule has 0 aliphatic heterocycles. The quantitative estimate of drug-likeness (QED) is 0.608. The minimum absolute atomic E-state index is 0.0101. The van der Waals surface area contributed by atoms with Crippen LogP contribution in [0.4, 0.5) is 5.69 Å². The van der Waals surface area contributed by atoms with E-state index in [9.17, 15) is 4.79 Å². The van der Waals surface area contributed by atoms with E-state index in [1.54, 1.807) is 11.3 Å². The molecule has 0 atom stereocenters. The number of anilines is 1. The molecule has 0 fully saturated rings. The number of carbonyl (C=O) groups excluding carboxylic acids is 1. The minimum atomic E-state index is -0.0101. The van der Waals surface area contributed by atoms with E-state index in [1.807, 2.05) is 31.4 Å². The van der Waals surface area contributed by atoms with Crippen molar-refractivity contribution in [2.75, 3.05) is 11.1 Å². The van der Waals surface area contributed by atoms with Crippen molar-refractivity contribution in [2.45, 2.75) is 25.1 Å². The fraction of sp³-hybridized carbons (Fsp3) is 0.200. The van der Waals surface area contributed by atoms with Gasteiger partial charge in [0.2, 0.25) is 5.91 Å². The fourth-order valence-electron chi connectivity index (χ4n) is 2.45. The molecule has 0 spiro atoms. The van der Waals surface area contributed by atoms with E-state index < -0.39 is 0 Å². The predicted molar refractivity (Wildman–Crippen MR) is 108 cm³/mol. The Bertz CT molecular complexity index is 885. The molecule has 0 saturated heterocycles. The standard InChI is InChI=1S/C20H20N2OS2/c1-13-4-7-16(8-5-13)18-11-24-20(22-18)25-12-19(23)21-17-9-6-14(2)10-15(17)3/h4-11H,12H2,1-3H3,(H,21,23). The Morgan fingerprint density at radius 3 is 2.52 bits per heavy atom. The van der Waals surface area contributed by atoms with Crippen LogP contribution in [-0.4, -0.2) is 16.6 Å². The van der Waals surface area contributed by atoms with Crippen LogP contribution in [0, 0.1) is 20.8 Å². The maximum absolute atomic E-state index is 12.2. The maximum Gasteiger partial charge on any atom is 0.234 e. The van der Waals surface area contributed by atoms with Crippen LogP contribution in [0.25, 0.3) is 11.3 Å². The molecule has 1 N–H and O–H groups in total. The van der Waals surface area contributed by atoms with Gasteiger partial charge in [0, 0.05) is 16.6 Å². The highest BCUT2D eigenvalue weighted by atomic mass is 32.2. The Morgan fingerprint density at radius 1 is 1.08 bits per heavy atom. The summed E-state index contributed by atoms with van der Waals surface area (Å²) in [7, 11) is 0. The highest BCUT2D eigenvalue weighted by Crippen LogP contribution is 2.28. The number of aromatic nitrogens is 1. The summed E-state index contributed by atoms with van der Waals surface area (Å²) in [5.74, 6) is 0.345. The highest BCUT2D eigenvalue weighted by molar-refractivity contribution is 8.01. The number of thioether (sulfide) groups is 1. The molecule has 5 heteroatoms. The number of nitrogens with one attached hydrogen (secondary N) is 1. The van der Waals surface area contributed by atoms with Crippen LogP contribution < -0.4 is 5.32 Å². The lowest BCUT2D eigenvalue weighted by atomic mass is 10.1. The molecule has 1 aromatic heterocycles. The zero-order valence-corrected chi connectivity index (χ0v) is 16.1. The number of hydrogen-bond acceptors (Lipinski definition) is 4. The van der Waals surface area contributed by atoms with Crippen LogP contribution in [0.2, 0.25) is 0 Å². The Labute approximate surface area is 156 Å². The van der Waals surface area contributed by atoms with Gasteiger partial charge in [-0.2, -0.15) is 0 Å². The fourth-order valence-corrected chi connectivity index (χ4v) is 4.08. The Morgan fingerprint density at radius 2 is 1.80 bits per heavy atom. The van der Waals surface area contributed by atoms with Crippen LogP contribution in [0.5, 0.6) is 0 Å². The van der Waals surface area contributed by atoms with Gasteiger partial charge < -0.3 is 5.32 Å². The molecule has 3 nitrogen and oxygen atoms in total. The van der Waals surface area contributed by atoms with E-state index in [1.165, 1.54) is 22.9 Å². The van der Waals surface area contributed by atoms with Gasteiger partial charge in [0.05, 0.1) is 11.4 Å². The van der Waals surface area contributed by atoms with Gasteiger partial charge in [-0.25, -0.2) is 4.98 Å². The second kappa shape index (κ2) is 7.85. The summed E-state index contributed by atoms with van der Waals surface area (Å²) in [6, 6.07) is 14.3. The number of nitrogens with zero attached hydrogens (tertiary/aromatic N) is 1. The van der Waals surface area contributed by atoms with E-state index in [2.05, 4.69) is 47.6 Å². The normalized spacial score (nSPS) is 10.7. The summed E-state index contributed by atoms with van der Waals surface area (Å²) in [6.07, 6.45) is 0. The monoisotopic (exact) mass is 368 g/mol. The second-order valence-corrected chi connectivity index (χ2v) is 8.10. The zero-order chi connectivity index (χ0) is 17.8. The molecule has 25 heavy (non-hydrogen) atoms. The summed E-state index contributed by atoms with van der Waals surface area (Å²) >= 11 is 3.04. The van der Waals surface area contributed by atoms with Crippen LogP contribution in [-0.2, 0) is 4.79 Å². The number of benzene rings is 2. The lowest BCUT2D eigenvalue weighted by Crippen LogP contribution is -2.14. The molecule has 128 valence electrons. The molecule has 0 saturated carbocycles. The number of rotatable bonds is 5. The van der Waals surface area contributed by atoms with Gasteiger partial charge in [0.15, 0.2) is 4.34 Å². The topological polar surface area (TPSA) is 42.0 Å². The van der Waals surface area contributed by atoms with E-state index in [0.29, 0.717) is 5.75 Å². The first kappa shape index (κ1) is 17.7. The molecule has 0 radical (unpaired) electrons.